The van der Waals surface area contributed by atoms with Crippen LogP contribution in [0.3, 0.4) is 0 Å². The van der Waals surface area contributed by atoms with Gasteiger partial charge in [0.15, 0.2) is 0 Å². The van der Waals surface area contributed by atoms with Crippen LogP contribution in [0.4, 0.5) is 0 Å². The van der Waals surface area contributed by atoms with E-state index in [2.05, 4.69) is 27.7 Å². The molecular formula is C30H50O4. The molecule has 194 valence electrons. The highest BCUT2D eigenvalue weighted by Crippen LogP contribution is 2.68. The molecule has 0 amide bonds. The first kappa shape index (κ1) is 26.0. The van der Waals surface area contributed by atoms with Gasteiger partial charge in [-0.15, -0.1) is 0 Å². The topological polar surface area (TPSA) is 52.6 Å². The van der Waals surface area contributed by atoms with E-state index >= 15 is 0 Å². The highest BCUT2D eigenvalue weighted by Gasteiger charge is 2.60. The van der Waals surface area contributed by atoms with Crippen LogP contribution >= 0.6 is 0 Å². The fraction of sp³-hybridized carbons (Fsp3) is 0.933. The number of fused-ring (bicyclic) bond motifs is 5. The zero-order chi connectivity index (χ0) is 24.7. The van der Waals surface area contributed by atoms with Crippen LogP contribution in [0, 0.1) is 52.3 Å². The van der Waals surface area contributed by atoms with Crippen molar-refractivity contribution < 1.29 is 19.1 Å². The smallest absolute Gasteiger partial charge is 0.308 e. The van der Waals surface area contributed by atoms with Gasteiger partial charge in [0.1, 0.15) is 6.10 Å². The summed E-state index contributed by atoms with van der Waals surface area (Å²) in [6, 6.07) is 0. The van der Waals surface area contributed by atoms with Crippen LogP contribution < -0.4 is 0 Å². The summed E-state index contributed by atoms with van der Waals surface area (Å²) >= 11 is 0. The lowest BCUT2D eigenvalue weighted by Gasteiger charge is -2.61. The molecule has 4 aliphatic rings. The normalized spacial score (nSPS) is 43.1. The van der Waals surface area contributed by atoms with Gasteiger partial charge in [0, 0.05) is 6.42 Å². The van der Waals surface area contributed by atoms with E-state index in [1.54, 1.807) is 0 Å². The second kappa shape index (κ2) is 10.1. The number of hydrogen-bond donors (Lipinski definition) is 0. The van der Waals surface area contributed by atoms with Crippen molar-refractivity contribution in [3.05, 3.63) is 0 Å². The lowest BCUT2D eigenvalue weighted by molar-refractivity contribution is -0.166. The molecular weight excluding hydrogens is 424 g/mol. The Bertz CT molecular complexity index is 748. The summed E-state index contributed by atoms with van der Waals surface area (Å²) in [6.45, 7) is 11.6. The first-order valence-electron chi connectivity index (χ1n) is 14.4. The third-order valence-electron chi connectivity index (χ3n) is 11.7. The molecule has 0 saturated heterocycles. The molecule has 0 aliphatic heterocycles. The van der Waals surface area contributed by atoms with Gasteiger partial charge in [-0.25, -0.2) is 0 Å². The van der Waals surface area contributed by atoms with E-state index in [-0.39, 0.29) is 24.0 Å². The van der Waals surface area contributed by atoms with E-state index in [4.69, 9.17) is 9.47 Å². The molecule has 34 heavy (non-hydrogen) atoms. The molecule has 4 aliphatic carbocycles. The van der Waals surface area contributed by atoms with Crippen LogP contribution in [0.15, 0.2) is 0 Å². The monoisotopic (exact) mass is 474 g/mol. The Balaban J connectivity index is 1.41. The Morgan fingerprint density at radius 2 is 1.65 bits per heavy atom. The number of carbonyl (C=O) groups excluding carboxylic acids is 2. The summed E-state index contributed by atoms with van der Waals surface area (Å²) in [5, 5.41) is 0. The molecule has 4 fully saturated rings. The van der Waals surface area contributed by atoms with Gasteiger partial charge in [0.2, 0.25) is 0 Å². The molecule has 0 aromatic carbocycles. The van der Waals surface area contributed by atoms with Crippen LogP contribution in [0.5, 0.6) is 0 Å². The maximum atomic E-state index is 12.4. The van der Waals surface area contributed by atoms with Crippen LogP contribution in [0.1, 0.15) is 112 Å². The van der Waals surface area contributed by atoms with Crippen molar-refractivity contribution in [3.8, 4) is 0 Å². The minimum absolute atomic E-state index is 0.0107. The van der Waals surface area contributed by atoms with E-state index < -0.39 is 0 Å². The number of methoxy groups -OCH3 is 1. The molecule has 0 bridgehead atoms. The zero-order valence-electron chi connectivity index (χ0n) is 22.7. The molecule has 4 heteroatoms. The van der Waals surface area contributed by atoms with Crippen molar-refractivity contribution in [1.82, 2.24) is 0 Å². The van der Waals surface area contributed by atoms with Crippen LogP contribution in [-0.4, -0.2) is 25.2 Å². The van der Waals surface area contributed by atoms with Crippen molar-refractivity contribution in [3.63, 3.8) is 0 Å². The van der Waals surface area contributed by atoms with Gasteiger partial charge in [-0.1, -0.05) is 34.6 Å². The van der Waals surface area contributed by atoms with Crippen LogP contribution in [-0.2, 0) is 19.1 Å². The highest BCUT2D eigenvalue weighted by molar-refractivity contribution is 5.72. The summed E-state index contributed by atoms with van der Waals surface area (Å²) in [4.78, 5) is 24.1. The van der Waals surface area contributed by atoms with Gasteiger partial charge in [0.25, 0.3) is 0 Å². The quantitative estimate of drug-likeness (QED) is 0.366. The number of esters is 2. The Kier molecular flexibility index (Phi) is 7.75. The third kappa shape index (κ3) is 4.57. The fourth-order valence-corrected chi connectivity index (χ4v) is 9.40. The minimum atomic E-state index is -0.0630. The molecule has 0 N–H and O–H groups in total. The molecule has 0 aromatic heterocycles. The Hall–Kier alpha value is -1.06. The molecule has 4 saturated carbocycles. The molecule has 4 rings (SSSR count). The van der Waals surface area contributed by atoms with Crippen LogP contribution in [0.2, 0.25) is 0 Å². The summed E-state index contributed by atoms with van der Waals surface area (Å²) in [5.74, 6) is 4.54. The predicted molar refractivity (Wildman–Crippen MR) is 135 cm³/mol. The Morgan fingerprint density at radius 1 is 0.941 bits per heavy atom. The lowest BCUT2D eigenvalue weighted by atomic mass is 9.44. The minimum Gasteiger partial charge on any atom is -0.469 e. The van der Waals surface area contributed by atoms with E-state index in [0.717, 1.165) is 49.4 Å². The molecule has 0 spiro atoms. The number of hydrogen-bond acceptors (Lipinski definition) is 4. The number of ether oxygens (including phenoxy) is 2. The molecule has 0 radical (unpaired) electrons. The molecule has 0 heterocycles. The zero-order valence-corrected chi connectivity index (χ0v) is 22.7. The van der Waals surface area contributed by atoms with Gasteiger partial charge >= 0.3 is 11.9 Å². The summed E-state index contributed by atoms with van der Waals surface area (Å²) in [7, 11) is 1.50. The Labute approximate surface area is 208 Å². The second-order valence-electron chi connectivity index (χ2n) is 13.1. The van der Waals surface area contributed by atoms with Crippen molar-refractivity contribution >= 4 is 11.9 Å². The fourth-order valence-electron chi connectivity index (χ4n) is 9.40. The number of carbonyl (C=O) groups is 2. The molecule has 7 unspecified atom stereocenters. The molecule has 10 atom stereocenters. The first-order chi connectivity index (χ1) is 16.1. The van der Waals surface area contributed by atoms with E-state index in [1.807, 2.05) is 6.92 Å². The van der Waals surface area contributed by atoms with Gasteiger partial charge in [-0.05, 0) is 117 Å². The Morgan fingerprint density at radius 3 is 2.35 bits per heavy atom. The maximum absolute atomic E-state index is 12.4. The van der Waals surface area contributed by atoms with E-state index in [1.165, 1.54) is 52.1 Å². The standard InChI is InChI=1S/C30H50O4/c1-7-19(2)28(32)34-22-14-16-29(4)21(18-22)9-10-23-25-12-11-24(20(3)8-13-27(31)33-6)30(25,5)17-15-26(23)29/h19-26H,7-18H2,1-6H3/t19?,20?,21?,22-,23?,24?,25?,26?,29-,30+/m0/s1. The highest BCUT2D eigenvalue weighted by atomic mass is 16.5. The van der Waals surface area contributed by atoms with Gasteiger partial charge in [-0.2, -0.15) is 0 Å². The number of rotatable bonds is 7. The molecule has 0 aromatic rings. The van der Waals surface area contributed by atoms with E-state index in [0.29, 0.717) is 29.1 Å². The van der Waals surface area contributed by atoms with Gasteiger partial charge in [-0.3, -0.25) is 9.59 Å². The van der Waals surface area contributed by atoms with Gasteiger partial charge in [0.05, 0.1) is 13.0 Å². The van der Waals surface area contributed by atoms with Crippen molar-refractivity contribution in [2.75, 3.05) is 7.11 Å². The predicted octanol–water partition coefficient (Wildman–Crippen LogP) is 7.19. The summed E-state index contributed by atoms with van der Waals surface area (Å²) in [6.07, 6.45) is 14.0. The van der Waals surface area contributed by atoms with Crippen molar-refractivity contribution in [1.29, 1.82) is 0 Å². The van der Waals surface area contributed by atoms with Crippen LogP contribution in [0.25, 0.3) is 0 Å². The molecule has 4 nitrogen and oxygen atoms in total. The average molecular weight is 475 g/mol. The van der Waals surface area contributed by atoms with Crippen molar-refractivity contribution in [2.24, 2.45) is 52.3 Å². The van der Waals surface area contributed by atoms with Crippen molar-refractivity contribution in [2.45, 2.75) is 118 Å². The largest absolute Gasteiger partial charge is 0.469 e. The maximum Gasteiger partial charge on any atom is 0.308 e. The van der Waals surface area contributed by atoms with Gasteiger partial charge < -0.3 is 9.47 Å². The SMILES string of the molecule is CCC(C)C(=O)O[C@H]1CC[C@@]2(C)C(CCC3C4CCC(C(C)CCC(=O)OC)[C@@]4(C)CCC32)C1. The average Bonchev–Trinajstić information content (AvgIpc) is 3.19. The second-order valence-corrected chi connectivity index (χ2v) is 13.1. The summed E-state index contributed by atoms with van der Waals surface area (Å²) < 4.78 is 10.9. The summed E-state index contributed by atoms with van der Waals surface area (Å²) in [5.41, 5.74) is 0.848. The van der Waals surface area contributed by atoms with E-state index in [9.17, 15) is 9.59 Å². The first-order valence-corrected chi connectivity index (χ1v) is 14.4. The third-order valence-corrected chi connectivity index (χ3v) is 11.7. The lowest BCUT2D eigenvalue weighted by Crippen LogP contribution is -2.54.